The van der Waals surface area contributed by atoms with Crippen molar-refractivity contribution in [2.45, 2.75) is 75.4 Å². The number of aliphatic carboxylic acids is 1. The van der Waals surface area contributed by atoms with Crippen molar-refractivity contribution < 1.29 is 19.0 Å². The molecule has 3 aliphatic carbocycles. The van der Waals surface area contributed by atoms with Crippen LogP contribution in [0.1, 0.15) is 74.0 Å². The average molecular weight is 563 g/mol. The van der Waals surface area contributed by atoms with Crippen molar-refractivity contribution in [2.75, 3.05) is 11.9 Å². The van der Waals surface area contributed by atoms with Gasteiger partial charge in [-0.15, -0.1) is 0 Å². The number of alkyl halides is 1. The molecule has 40 heavy (non-hydrogen) atoms. The second-order valence-corrected chi connectivity index (χ2v) is 12.5. The number of aromatic nitrogens is 1. The minimum absolute atomic E-state index is 0.0564. The summed E-state index contributed by atoms with van der Waals surface area (Å²) >= 11 is 6.19. The molecule has 1 unspecified atom stereocenters. The first kappa shape index (κ1) is 27.1. The topological polar surface area (TPSA) is 71.5 Å². The third-order valence-electron chi connectivity index (χ3n) is 9.62. The molecule has 6 rings (SSSR count). The molecule has 3 aromatic rings. The minimum atomic E-state index is -1.03. The number of ether oxygens (including phenoxy) is 1. The van der Waals surface area contributed by atoms with Crippen molar-refractivity contribution >= 4 is 23.3 Å². The van der Waals surface area contributed by atoms with Gasteiger partial charge >= 0.3 is 5.97 Å². The molecule has 1 heterocycles. The number of nitrogens with zero attached hydrogens (tertiary/aromatic N) is 1. The molecule has 1 spiro atoms. The number of anilines is 1. The fraction of sp³-hybridized carbons (Fsp3) is 0.455. The van der Waals surface area contributed by atoms with Crippen LogP contribution in [-0.2, 0) is 23.1 Å². The normalized spacial score (nSPS) is 27.7. The van der Waals surface area contributed by atoms with E-state index in [1.807, 2.05) is 18.2 Å². The molecular weight excluding hydrogens is 527 g/mol. The lowest BCUT2D eigenvalue weighted by atomic mass is 9.59. The quantitative estimate of drug-likeness (QED) is 0.294. The second-order valence-electron chi connectivity index (χ2n) is 12.1. The monoisotopic (exact) mass is 562 g/mol. The third-order valence-corrected chi connectivity index (χ3v) is 9.85. The Morgan fingerprint density at radius 3 is 2.75 bits per heavy atom. The van der Waals surface area contributed by atoms with E-state index < -0.39 is 17.7 Å². The number of nitrogens with one attached hydrogen (secondary N) is 1. The zero-order valence-electron chi connectivity index (χ0n) is 22.8. The summed E-state index contributed by atoms with van der Waals surface area (Å²) in [6.07, 6.45) is 6.46. The molecule has 2 aromatic carbocycles. The van der Waals surface area contributed by atoms with Gasteiger partial charge in [-0.1, -0.05) is 48.9 Å². The molecule has 0 bridgehead atoms. The van der Waals surface area contributed by atoms with E-state index in [0.29, 0.717) is 54.8 Å². The molecule has 1 fully saturated rings. The largest absolute Gasteiger partial charge is 0.493 e. The number of hydrogen-bond donors (Lipinski definition) is 2. The Hall–Kier alpha value is -3.12. The van der Waals surface area contributed by atoms with Crippen LogP contribution in [0.25, 0.3) is 0 Å². The van der Waals surface area contributed by atoms with Gasteiger partial charge in [0.2, 0.25) is 0 Å². The van der Waals surface area contributed by atoms with Gasteiger partial charge in [-0.25, -0.2) is 9.18 Å². The summed E-state index contributed by atoms with van der Waals surface area (Å²) in [5.41, 5.74) is 3.87. The number of rotatable bonds is 8. The summed E-state index contributed by atoms with van der Waals surface area (Å²) < 4.78 is 20.4. The highest BCUT2D eigenvalue weighted by Gasteiger charge is 2.54. The van der Waals surface area contributed by atoms with Crippen molar-refractivity contribution in [2.24, 2.45) is 11.8 Å². The molecule has 0 amide bonds. The molecule has 1 aromatic heterocycles. The van der Waals surface area contributed by atoms with E-state index in [4.69, 9.17) is 16.3 Å². The summed E-state index contributed by atoms with van der Waals surface area (Å²) in [7, 11) is 0. The maximum Gasteiger partial charge on any atom is 0.329 e. The molecule has 7 heteroatoms. The van der Waals surface area contributed by atoms with Crippen molar-refractivity contribution in [3.05, 3.63) is 88.2 Å². The van der Waals surface area contributed by atoms with Gasteiger partial charge in [0, 0.05) is 22.5 Å². The standard InChI is InChI=1S/C33H36ClFN2O3/c1-21(20-40-29-11-16-36-30-26(29)9-10-28(30)35)17-23-18-22-5-2-3-8-27(22)32(23)12-14-33(15-13-32,31(38)39)37-25-7-4-6-24(34)19-25/h2-8,11,16,19,21,23,28,37H,9-10,12-15,17-18,20H2,1H3,(H,38,39)/t21-,23+,28?,32?,33?/m1/s1. The minimum Gasteiger partial charge on any atom is -0.493 e. The van der Waals surface area contributed by atoms with E-state index >= 15 is 0 Å². The van der Waals surface area contributed by atoms with E-state index in [1.165, 1.54) is 11.1 Å². The summed E-state index contributed by atoms with van der Waals surface area (Å²) in [5.74, 6) is 0.642. The Bertz CT molecular complexity index is 1400. The predicted molar refractivity (Wildman–Crippen MR) is 155 cm³/mol. The van der Waals surface area contributed by atoms with E-state index in [9.17, 15) is 14.3 Å². The molecule has 3 atom stereocenters. The molecular formula is C33H36ClFN2O3. The van der Waals surface area contributed by atoms with E-state index in [2.05, 4.69) is 41.5 Å². The van der Waals surface area contributed by atoms with E-state index in [0.717, 1.165) is 42.7 Å². The van der Waals surface area contributed by atoms with Crippen LogP contribution in [0.2, 0.25) is 5.02 Å². The highest BCUT2D eigenvalue weighted by molar-refractivity contribution is 6.30. The Kier molecular flexibility index (Phi) is 7.24. The number of carboxylic acids is 1. The van der Waals surface area contributed by atoms with Crippen LogP contribution in [0.5, 0.6) is 5.75 Å². The van der Waals surface area contributed by atoms with Crippen molar-refractivity contribution in [3.63, 3.8) is 0 Å². The lowest BCUT2D eigenvalue weighted by Crippen LogP contribution is -2.53. The van der Waals surface area contributed by atoms with Gasteiger partial charge in [0.25, 0.3) is 0 Å². The molecule has 0 aliphatic heterocycles. The summed E-state index contributed by atoms with van der Waals surface area (Å²) in [6.45, 7) is 2.78. The highest BCUT2D eigenvalue weighted by Crippen LogP contribution is 2.56. The zero-order valence-corrected chi connectivity index (χ0v) is 23.6. The molecule has 5 nitrogen and oxygen atoms in total. The SMILES string of the molecule is C[C@@H](COc1ccnc2c1CCC2F)C[C@H]1Cc2ccccc2C12CCC(Nc1cccc(Cl)c1)(C(=O)O)CC2. The van der Waals surface area contributed by atoms with Crippen molar-refractivity contribution in [1.82, 2.24) is 4.98 Å². The Morgan fingerprint density at radius 2 is 1.98 bits per heavy atom. The number of pyridine rings is 1. The molecule has 0 saturated heterocycles. The Morgan fingerprint density at radius 1 is 1.18 bits per heavy atom. The van der Waals surface area contributed by atoms with Gasteiger partial charge in [0.1, 0.15) is 17.5 Å². The van der Waals surface area contributed by atoms with Crippen molar-refractivity contribution in [3.8, 4) is 5.75 Å². The van der Waals surface area contributed by atoms with Crippen LogP contribution in [0, 0.1) is 11.8 Å². The van der Waals surface area contributed by atoms with Gasteiger partial charge in [-0.05, 0) is 104 Å². The maximum atomic E-state index is 14.2. The van der Waals surface area contributed by atoms with E-state index in [-0.39, 0.29) is 5.41 Å². The van der Waals surface area contributed by atoms with Crippen LogP contribution < -0.4 is 10.1 Å². The molecule has 3 aliphatic rings. The third kappa shape index (κ3) is 4.85. The lowest BCUT2D eigenvalue weighted by Gasteiger charge is -2.47. The number of benzene rings is 2. The smallest absolute Gasteiger partial charge is 0.329 e. The summed E-state index contributed by atoms with van der Waals surface area (Å²) in [4.78, 5) is 16.9. The van der Waals surface area contributed by atoms with Gasteiger partial charge in [0.15, 0.2) is 0 Å². The lowest BCUT2D eigenvalue weighted by molar-refractivity contribution is -0.144. The Balaban J connectivity index is 1.19. The summed E-state index contributed by atoms with van der Waals surface area (Å²) in [5, 5.41) is 14.3. The zero-order chi connectivity index (χ0) is 27.9. The van der Waals surface area contributed by atoms with Gasteiger partial charge < -0.3 is 15.2 Å². The highest BCUT2D eigenvalue weighted by atomic mass is 35.5. The molecule has 210 valence electrons. The molecule has 1 saturated carbocycles. The van der Waals surface area contributed by atoms with Gasteiger partial charge in [0.05, 0.1) is 12.3 Å². The number of fused-ring (bicyclic) bond motifs is 3. The van der Waals surface area contributed by atoms with Gasteiger partial charge in [-0.2, -0.15) is 0 Å². The molecule has 2 N–H and O–H groups in total. The van der Waals surface area contributed by atoms with E-state index in [1.54, 1.807) is 18.3 Å². The fourth-order valence-corrected chi connectivity index (χ4v) is 7.74. The maximum absolute atomic E-state index is 14.2. The first-order chi connectivity index (χ1) is 19.3. The van der Waals surface area contributed by atoms with Gasteiger partial charge in [-0.3, -0.25) is 4.98 Å². The summed E-state index contributed by atoms with van der Waals surface area (Å²) in [6, 6.07) is 17.9. The first-order valence-electron chi connectivity index (χ1n) is 14.4. The molecule has 0 radical (unpaired) electrons. The fourth-order valence-electron chi connectivity index (χ4n) is 7.55. The number of hydrogen-bond acceptors (Lipinski definition) is 4. The number of carbonyl (C=O) groups is 1. The van der Waals surface area contributed by atoms with Crippen LogP contribution in [0.3, 0.4) is 0 Å². The average Bonchev–Trinajstić information content (AvgIpc) is 3.47. The van der Waals surface area contributed by atoms with Crippen LogP contribution in [-0.4, -0.2) is 28.2 Å². The second kappa shape index (κ2) is 10.7. The number of halogens is 2. The van der Waals surface area contributed by atoms with Crippen molar-refractivity contribution in [1.29, 1.82) is 0 Å². The van der Waals surface area contributed by atoms with Crippen LogP contribution >= 0.6 is 11.6 Å². The predicted octanol–water partition coefficient (Wildman–Crippen LogP) is 7.72. The first-order valence-corrected chi connectivity index (χ1v) is 14.8. The number of carboxylic acid groups (broad SMARTS) is 1. The van der Waals surface area contributed by atoms with Crippen LogP contribution in [0.15, 0.2) is 60.8 Å². The van der Waals surface area contributed by atoms with Crippen LogP contribution in [0.4, 0.5) is 10.1 Å². The Labute approximate surface area is 240 Å².